The molecule has 0 atom stereocenters. The third kappa shape index (κ3) is 6.99. The lowest BCUT2D eigenvalue weighted by molar-refractivity contribution is -0.138. The van der Waals surface area contributed by atoms with Crippen LogP contribution in [0.25, 0.3) is 11.1 Å². The van der Waals surface area contributed by atoms with Gasteiger partial charge < -0.3 is 25.4 Å². The number of piperazine rings is 1. The van der Waals surface area contributed by atoms with Gasteiger partial charge in [-0.2, -0.15) is 13.2 Å². The number of nitrogens with one attached hydrogen (secondary N) is 3. The minimum Gasteiger partial charge on any atom is -0.352 e. The van der Waals surface area contributed by atoms with Crippen molar-refractivity contribution in [1.29, 1.82) is 0 Å². The van der Waals surface area contributed by atoms with Crippen LogP contribution in [0.3, 0.4) is 0 Å². The summed E-state index contributed by atoms with van der Waals surface area (Å²) in [5.74, 6) is -1.18. The van der Waals surface area contributed by atoms with Gasteiger partial charge in [-0.25, -0.2) is 9.37 Å². The zero-order chi connectivity index (χ0) is 29.9. The minimum atomic E-state index is -4.92. The molecule has 5 rings (SSSR count). The summed E-state index contributed by atoms with van der Waals surface area (Å²) in [6.07, 6.45) is 3.19. The highest BCUT2D eigenvalue weighted by Crippen LogP contribution is 2.34. The topological polar surface area (TPSA) is 93.4 Å². The smallest absolute Gasteiger partial charge is 0.352 e. The second-order valence-electron chi connectivity index (χ2n) is 11.0. The van der Waals surface area contributed by atoms with Gasteiger partial charge in [0.1, 0.15) is 5.82 Å². The van der Waals surface area contributed by atoms with Crippen molar-refractivity contribution in [1.82, 2.24) is 20.2 Å². The van der Waals surface area contributed by atoms with E-state index in [1.165, 1.54) is 37.6 Å². The van der Waals surface area contributed by atoms with Crippen LogP contribution in [0.4, 0.5) is 29.1 Å². The van der Waals surface area contributed by atoms with Crippen LogP contribution in [0.2, 0.25) is 0 Å². The molecule has 3 aromatic rings. The first-order valence-corrected chi connectivity index (χ1v) is 14.2. The third-order valence-corrected chi connectivity index (χ3v) is 7.93. The highest BCUT2D eigenvalue weighted by Gasteiger charge is 2.36. The van der Waals surface area contributed by atoms with Crippen molar-refractivity contribution in [3.8, 4) is 11.1 Å². The Morgan fingerprint density at radius 3 is 2.52 bits per heavy atom. The Morgan fingerprint density at radius 1 is 1.07 bits per heavy atom. The molecule has 12 heteroatoms. The van der Waals surface area contributed by atoms with E-state index in [9.17, 15) is 22.8 Å². The summed E-state index contributed by atoms with van der Waals surface area (Å²) in [5.41, 5.74) is -1.39. The number of halogens is 4. The first kappa shape index (κ1) is 29.7. The molecule has 3 heterocycles. The summed E-state index contributed by atoms with van der Waals surface area (Å²) >= 11 is 0. The van der Waals surface area contributed by atoms with E-state index in [0.29, 0.717) is 43.1 Å². The molecule has 1 aromatic carbocycles. The number of H-pyrrole nitrogens is 1. The average molecular weight is 587 g/mol. The molecule has 2 fully saturated rings. The standard InChI is InChI=1S/C30H34F4N6O2/c1-39-9-11-40(12-10-39)28-26(38-29(42)23-18-36-27(41)15-24(23)30(32,33)34)14-20(17-37-28)22-13-19(7-8-25(22)31)16-35-21-5-3-2-4-6-21/h7-8,13-15,17-18,21,35H,2-6,9-12,16H2,1H3,(H,36,41)(H,38,42). The molecule has 0 radical (unpaired) electrons. The predicted molar refractivity (Wildman–Crippen MR) is 153 cm³/mol. The van der Waals surface area contributed by atoms with Gasteiger partial charge in [0.05, 0.1) is 16.8 Å². The van der Waals surface area contributed by atoms with E-state index in [2.05, 4.69) is 25.5 Å². The number of rotatable bonds is 7. The van der Waals surface area contributed by atoms with E-state index in [0.717, 1.165) is 37.7 Å². The van der Waals surface area contributed by atoms with Gasteiger partial charge in [-0.05, 0) is 43.7 Å². The zero-order valence-electron chi connectivity index (χ0n) is 23.4. The Morgan fingerprint density at radius 2 is 1.81 bits per heavy atom. The third-order valence-electron chi connectivity index (χ3n) is 7.93. The number of alkyl halides is 3. The fourth-order valence-corrected chi connectivity index (χ4v) is 5.52. The Bertz CT molecular complexity index is 1480. The van der Waals surface area contributed by atoms with Crippen LogP contribution in [-0.4, -0.2) is 60.0 Å². The van der Waals surface area contributed by atoms with Gasteiger partial charge in [-0.15, -0.1) is 0 Å². The molecular formula is C30H34F4N6O2. The summed E-state index contributed by atoms with van der Waals surface area (Å²) in [6, 6.07) is 7.15. The molecule has 1 aliphatic carbocycles. The number of amides is 1. The maximum absolute atomic E-state index is 15.1. The number of pyridine rings is 2. The van der Waals surface area contributed by atoms with E-state index in [-0.39, 0.29) is 11.3 Å². The molecular weight excluding hydrogens is 552 g/mol. The van der Waals surface area contributed by atoms with Crippen LogP contribution in [0, 0.1) is 5.82 Å². The minimum absolute atomic E-state index is 0.145. The molecule has 8 nitrogen and oxygen atoms in total. The quantitative estimate of drug-likeness (QED) is 0.337. The predicted octanol–water partition coefficient (Wildman–Crippen LogP) is 5.02. The highest BCUT2D eigenvalue weighted by atomic mass is 19.4. The number of anilines is 2. The number of hydrogen-bond donors (Lipinski definition) is 3. The summed E-state index contributed by atoms with van der Waals surface area (Å²) in [6.45, 7) is 3.17. The monoisotopic (exact) mass is 586 g/mol. The molecule has 0 unspecified atom stereocenters. The molecule has 42 heavy (non-hydrogen) atoms. The van der Waals surface area contributed by atoms with Gasteiger partial charge in [-0.3, -0.25) is 9.59 Å². The van der Waals surface area contributed by atoms with Gasteiger partial charge in [-0.1, -0.05) is 25.3 Å². The van der Waals surface area contributed by atoms with Crippen LogP contribution in [-0.2, 0) is 12.7 Å². The van der Waals surface area contributed by atoms with E-state index in [1.807, 2.05) is 11.9 Å². The number of aromatic nitrogens is 2. The second kappa shape index (κ2) is 12.6. The number of carbonyl (C=O) groups excluding carboxylic acids is 1. The van der Waals surface area contributed by atoms with Gasteiger partial charge in [0.15, 0.2) is 5.82 Å². The Hall–Kier alpha value is -3.77. The van der Waals surface area contributed by atoms with Crippen molar-refractivity contribution >= 4 is 17.4 Å². The molecule has 3 N–H and O–H groups in total. The lowest BCUT2D eigenvalue weighted by Gasteiger charge is -2.34. The van der Waals surface area contributed by atoms with Crippen molar-refractivity contribution in [2.45, 2.75) is 50.9 Å². The van der Waals surface area contributed by atoms with E-state index < -0.39 is 34.6 Å². The number of aromatic amines is 1. The van der Waals surface area contributed by atoms with Crippen molar-refractivity contribution < 1.29 is 22.4 Å². The maximum atomic E-state index is 15.1. The first-order chi connectivity index (χ1) is 20.1. The molecule has 224 valence electrons. The fraction of sp³-hybridized carbons (Fsp3) is 0.433. The SMILES string of the molecule is CN1CCN(c2ncc(-c3cc(CNC4CCCCC4)ccc3F)cc2NC(=O)c2c[nH]c(=O)cc2C(F)(F)F)CC1. The van der Waals surface area contributed by atoms with Crippen molar-refractivity contribution in [3.05, 3.63) is 75.6 Å². The van der Waals surface area contributed by atoms with E-state index in [1.54, 1.807) is 12.1 Å². The zero-order valence-corrected chi connectivity index (χ0v) is 23.4. The summed E-state index contributed by atoms with van der Waals surface area (Å²) in [5, 5.41) is 6.11. The molecule has 0 bridgehead atoms. The molecule has 0 spiro atoms. The number of nitrogens with zero attached hydrogens (tertiary/aromatic N) is 3. The Labute approximate surface area is 241 Å². The van der Waals surface area contributed by atoms with Gasteiger partial charge in [0.2, 0.25) is 5.56 Å². The van der Waals surface area contributed by atoms with Crippen LogP contribution in [0.15, 0.2) is 47.5 Å². The van der Waals surface area contributed by atoms with Crippen molar-refractivity contribution in [2.24, 2.45) is 0 Å². The van der Waals surface area contributed by atoms with E-state index >= 15 is 4.39 Å². The summed E-state index contributed by atoms with van der Waals surface area (Å²) in [7, 11) is 1.98. The molecule has 2 aliphatic rings. The Kier molecular flexibility index (Phi) is 8.93. The number of benzene rings is 1. The maximum Gasteiger partial charge on any atom is 0.417 e. The lowest BCUT2D eigenvalue weighted by Crippen LogP contribution is -2.45. The first-order valence-electron chi connectivity index (χ1n) is 14.2. The van der Waals surface area contributed by atoms with Crippen molar-refractivity contribution in [3.63, 3.8) is 0 Å². The molecule has 1 saturated heterocycles. The Balaban J connectivity index is 1.48. The number of likely N-dealkylation sites (N-methyl/N-ethyl adjacent to an activating group) is 1. The molecule has 1 amide bonds. The van der Waals surface area contributed by atoms with Gasteiger partial charge in [0.25, 0.3) is 5.91 Å². The highest BCUT2D eigenvalue weighted by molar-refractivity contribution is 6.07. The van der Waals surface area contributed by atoms with Crippen LogP contribution >= 0.6 is 0 Å². The van der Waals surface area contributed by atoms with Gasteiger partial charge in [0, 0.05) is 68.4 Å². The van der Waals surface area contributed by atoms with Gasteiger partial charge >= 0.3 is 6.18 Å². The van der Waals surface area contributed by atoms with Crippen molar-refractivity contribution in [2.75, 3.05) is 43.4 Å². The lowest BCUT2D eigenvalue weighted by atomic mass is 9.95. The van der Waals surface area contributed by atoms with Crippen LogP contribution in [0.5, 0.6) is 0 Å². The molecule has 1 aliphatic heterocycles. The molecule has 2 aromatic heterocycles. The molecule has 1 saturated carbocycles. The number of hydrogen-bond acceptors (Lipinski definition) is 6. The largest absolute Gasteiger partial charge is 0.417 e. The summed E-state index contributed by atoms with van der Waals surface area (Å²) < 4.78 is 56.2. The fourth-order valence-electron chi connectivity index (χ4n) is 5.52. The summed E-state index contributed by atoms with van der Waals surface area (Å²) in [4.78, 5) is 35.6. The number of carbonyl (C=O) groups is 1. The second-order valence-corrected chi connectivity index (χ2v) is 11.0. The van der Waals surface area contributed by atoms with Crippen LogP contribution in [0.1, 0.15) is 53.6 Å². The van der Waals surface area contributed by atoms with Crippen LogP contribution < -0.4 is 21.1 Å². The average Bonchev–Trinajstić information content (AvgIpc) is 2.97. The van der Waals surface area contributed by atoms with E-state index in [4.69, 9.17) is 0 Å². The normalized spacial score (nSPS) is 16.9.